The molecule has 0 saturated carbocycles. The predicted octanol–water partition coefficient (Wildman–Crippen LogP) is 2.46. The van der Waals surface area contributed by atoms with Crippen LogP contribution in [-0.4, -0.2) is 48.1 Å². The summed E-state index contributed by atoms with van der Waals surface area (Å²) < 4.78 is 18.8. The molecule has 0 bridgehead atoms. The van der Waals surface area contributed by atoms with Crippen LogP contribution in [0.1, 0.15) is 16.8 Å². The molecule has 0 unspecified atom stereocenters. The first-order chi connectivity index (χ1) is 12.1. The number of amides is 2. The van der Waals surface area contributed by atoms with Crippen LogP contribution in [0.5, 0.6) is 0 Å². The van der Waals surface area contributed by atoms with Crippen molar-refractivity contribution in [1.29, 1.82) is 0 Å². The minimum absolute atomic E-state index is 0.276. The molecular weight excluding hydrogens is 325 g/mol. The number of cyclic esters (lactones) is 1. The Morgan fingerprint density at radius 2 is 2.24 bits per heavy atom. The molecule has 1 N–H and O–H groups in total. The van der Waals surface area contributed by atoms with Crippen molar-refractivity contribution in [3.63, 3.8) is 0 Å². The van der Waals surface area contributed by atoms with Crippen LogP contribution in [0.25, 0.3) is 11.1 Å². The van der Waals surface area contributed by atoms with E-state index in [0.717, 1.165) is 12.6 Å². The summed E-state index contributed by atoms with van der Waals surface area (Å²) in [4.78, 5) is 29.1. The van der Waals surface area contributed by atoms with Crippen LogP contribution in [0.2, 0.25) is 0 Å². The number of hydrogen-bond donors (Lipinski definition) is 1. The van der Waals surface area contributed by atoms with E-state index in [2.05, 4.69) is 10.3 Å². The highest BCUT2D eigenvalue weighted by atomic mass is 19.1. The molecular formula is C18H18FN3O3. The summed E-state index contributed by atoms with van der Waals surface area (Å²) in [6.45, 7) is 1.79. The van der Waals surface area contributed by atoms with Crippen molar-refractivity contribution >= 4 is 12.0 Å². The largest absolute Gasteiger partial charge is 0.449 e. The monoisotopic (exact) mass is 343 g/mol. The number of carbonyl (C=O) groups excluding carboxylic acids is 2. The molecule has 3 rings (SSSR count). The third-order valence-electron chi connectivity index (χ3n) is 3.93. The molecule has 0 aliphatic carbocycles. The summed E-state index contributed by atoms with van der Waals surface area (Å²) in [6, 6.07) is 8.29. The molecule has 1 aliphatic rings. The average molecular weight is 343 g/mol. The molecule has 1 aliphatic heterocycles. The maximum absolute atomic E-state index is 13.8. The molecule has 2 amide bonds. The lowest BCUT2D eigenvalue weighted by molar-refractivity contribution is 0.0719. The first-order valence-corrected chi connectivity index (χ1v) is 8.05. The maximum atomic E-state index is 13.8. The highest BCUT2D eigenvalue weighted by Gasteiger charge is 2.19. The van der Waals surface area contributed by atoms with E-state index < -0.39 is 5.82 Å². The summed E-state index contributed by atoms with van der Waals surface area (Å²) in [5, 5.41) is 2.77. The molecule has 7 heteroatoms. The van der Waals surface area contributed by atoms with E-state index in [9.17, 15) is 14.0 Å². The molecule has 6 nitrogen and oxygen atoms in total. The number of nitrogens with zero attached hydrogens (tertiary/aromatic N) is 2. The smallest absolute Gasteiger partial charge is 0.409 e. The zero-order chi connectivity index (χ0) is 17.6. The molecule has 0 radical (unpaired) electrons. The second-order valence-electron chi connectivity index (χ2n) is 5.65. The van der Waals surface area contributed by atoms with Crippen LogP contribution in [0.4, 0.5) is 9.18 Å². The van der Waals surface area contributed by atoms with Gasteiger partial charge in [0, 0.05) is 37.0 Å². The van der Waals surface area contributed by atoms with Crippen LogP contribution in [0.15, 0.2) is 42.7 Å². The zero-order valence-electron chi connectivity index (χ0n) is 13.6. The van der Waals surface area contributed by atoms with Gasteiger partial charge in [-0.25, -0.2) is 9.18 Å². The molecule has 2 heterocycles. The SMILES string of the molecule is O=C(NCCN1CCCOC1=O)c1cccc(-c2ccncc2F)c1. The summed E-state index contributed by atoms with van der Waals surface area (Å²) >= 11 is 0. The Hall–Kier alpha value is -2.96. The number of aromatic nitrogens is 1. The third-order valence-corrected chi connectivity index (χ3v) is 3.93. The second-order valence-corrected chi connectivity index (χ2v) is 5.65. The standard InChI is InChI=1S/C18H18FN3O3/c19-16-12-20-6-5-15(16)13-3-1-4-14(11-13)17(23)21-7-9-22-8-2-10-25-18(22)24/h1,3-6,11-12H,2,7-10H2,(H,21,23). The Morgan fingerprint density at radius 1 is 1.36 bits per heavy atom. The van der Waals surface area contributed by atoms with Crippen molar-refractivity contribution in [2.24, 2.45) is 0 Å². The normalized spacial score (nSPS) is 14.1. The second kappa shape index (κ2) is 7.74. The van der Waals surface area contributed by atoms with Crippen molar-refractivity contribution in [2.45, 2.75) is 6.42 Å². The third kappa shape index (κ3) is 4.12. The molecule has 1 aromatic heterocycles. The van der Waals surface area contributed by atoms with Crippen LogP contribution < -0.4 is 5.32 Å². The number of ether oxygens (including phenoxy) is 1. The molecule has 0 atom stereocenters. The number of carbonyl (C=O) groups is 2. The van der Waals surface area contributed by atoms with Gasteiger partial charge in [-0.05, 0) is 30.2 Å². The van der Waals surface area contributed by atoms with E-state index in [1.165, 1.54) is 6.20 Å². The minimum Gasteiger partial charge on any atom is -0.449 e. The number of pyridine rings is 1. The van der Waals surface area contributed by atoms with Crippen molar-refractivity contribution in [3.05, 3.63) is 54.1 Å². The fourth-order valence-electron chi connectivity index (χ4n) is 2.64. The Balaban J connectivity index is 1.62. The van der Waals surface area contributed by atoms with E-state index in [-0.39, 0.29) is 12.0 Å². The van der Waals surface area contributed by atoms with Gasteiger partial charge in [0.05, 0.1) is 12.8 Å². The Morgan fingerprint density at radius 3 is 3.04 bits per heavy atom. The molecule has 1 fully saturated rings. The van der Waals surface area contributed by atoms with Crippen molar-refractivity contribution < 1.29 is 18.7 Å². The van der Waals surface area contributed by atoms with Crippen LogP contribution in [-0.2, 0) is 4.74 Å². The molecule has 2 aromatic rings. The zero-order valence-corrected chi connectivity index (χ0v) is 13.6. The van der Waals surface area contributed by atoms with E-state index in [4.69, 9.17) is 4.74 Å². The summed E-state index contributed by atoms with van der Waals surface area (Å²) in [6.07, 6.45) is 3.08. The molecule has 1 saturated heterocycles. The fraction of sp³-hybridized carbons (Fsp3) is 0.278. The van der Waals surface area contributed by atoms with E-state index in [0.29, 0.717) is 42.9 Å². The van der Waals surface area contributed by atoms with Gasteiger partial charge in [0.1, 0.15) is 5.82 Å². The van der Waals surface area contributed by atoms with Crippen LogP contribution >= 0.6 is 0 Å². The van der Waals surface area contributed by atoms with Crippen LogP contribution in [0.3, 0.4) is 0 Å². The van der Waals surface area contributed by atoms with Gasteiger partial charge in [-0.3, -0.25) is 9.78 Å². The topological polar surface area (TPSA) is 71.5 Å². The lowest BCUT2D eigenvalue weighted by Gasteiger charge is -2.26. The summed E-state index contributed by atoms with van der Waals surface area (Å²) in [5.74, 6) is -0.717. The van der Waals surface area contributed by atoms with Crippen LogP contribution in [0, 0.1) is 5.82 Å². The van der Waals surface area contributed by atoms with Gasteiger partial charge in [0.25, 0.3) is 5.91 Å². The lowest BCUT2D eigenvalue weighted by Crippen LogP contribution is -2.42. The Labute approximate surface area is 144 Å². The minimum atomic E-state index is -0.441. The van der Waals surface area contributed by atoms with Crippen molar-refractivity contribution in [1.82, 2.24) is 15.2 Å². The van der Waals surface area contributed by atoms with Gasteiger partial charge in [0.2, 0.25) is 0 Å². The van der Waals surface area contributed by atoms with Gasteiger partial charge in [0.15, 0.2) is 0 Å². The quantitative estimate of drug-likeness (QED) is 0.905. The fourth-order valence-corrected chi connectivity index (χ4v) is 2.64. The van der Waals surface area contributed by atoms with E-state index >= 15 is 0 Å². The van der Waals surface area contributed by atoms with E-state index in [1.807, 2.05) is 0 Å². The van der Waals surface area contributed by atoms with Gasteiger partial charge < -0.3 is 15.0 Å². The highest BCUT2D eigenvalue weighted by Crippen LogP contribution is 2.22. The van der Waals surface area contributed by atoms with Crippen molar-refractivity contribution in [3.8, 4) is 11.1 Å². The molecule has 1 aromatic carbocycles. The van der Waals surface area contributed by atoms with E-state index in [1.54, 1.807) is 35.2 Å². The summed E-state index contributed by atoms with van der Waals surface area (Å²) in [5.41, 5.74) is 1.42. The molecule has 25 heavy (non-hydrogen) atoms. The van der Waals surface area contributed by atoms with Gasteiger partial charge in [-0.2, -0.15) is 0 Å². The molecule has 0 spiro atoms. The highest BCUT2D eigenvalue weighted by molar-refractivity contribution is 5.95. The predicted molar refractivity (Wildman–Crippen MR) is 89.5 cm³/mol. The summed E-state index contributed by atoms with van der Waals surface area (Å²) in [7, 11) is 0. The van der Waals surface area contributed by atoms with Gasteiger partial charge >= 0.3 is 6.09 Å². The Kier molecular flexibility index (Phi) is 5.23. The molecule has 130 valence electrons. The number of hydrogen-bond acceptors (Lipinski definition) is 4. The number of rotatable bonds is 5. The van der Waals surface area contributed by atoms with Crippen molar-refractivity contribution in [2.75, 3.05) is 26.2 Å². The maximum Gasteiger partial charge on any atom is 0.409 e. The Bertz CT molecular complexity index is 782. The number of benzene rings is 1. The van der Waals surface area contributed by atoms with Gasteiger partial charge in [-0.1, -0.05) is 12.1 Å². The van der Waals surface area contributed by atoms with Gasteiger partial charge in [-0.15, -0.1) is 0 Å². The number of halogens is 1. The first kappa shape index (κ1) is 16.9. The number of nitrogens with one attached hydrogen (secondary N) is 1. The average Bonchev–Trinajstić information content (AvgIpc) is 2.64. The first-order valence-electron chi connectivity index (χ1n) is 8.05. The lowest BCUT2D eigenvalue weighted by atomic mass is 10.0.